The van der Waals surface area contributed by atoms with E-state index in [1.807, 2.05) is 0 Å². The summed E-state index contributed by atoms with van der Waals surface area (Å²) in [5.41, 5.74) is 1.52. The van der Waals surface area contributed by atoms with Gasteiger partial charge in [-0.25, -0.2) is 9.78 Å². The number of esters is 1. The number of nitrogens with zero attached hydrogens (tertiary/aromatic N) is 3. The van der Waals surface area contributed by atoms with Crippen molar-refractivity contribution in [2.24, 2.45) is 0 Å². The van der Waals surface area contributed by atoms with Gasteiger partial charge in [-0.2, -0.15) is 0 Å². The minimum atomic E-state index is -0.470. The fourth-order valence-corrected chi connectivity index (χ4v) is 1.95. The first kappa shape index (κ1) is 13.5. The Hall–Kier alpha value is -1.95. The Morgan fingerprint density at radius 2 is 2.26 bits per heavy atom. The lowest BCUT2D eigenvalue weighted by Gasteiger charge is -2.27. The van der Waals surface area contributed by atoms with Gasteiger partial charge in [-0.3, -0.25) is 4.98 Å². The predicted molar refractivity (Wildman–Crippen MR) is 70.2 cm³/mol. The van der Waals surface area contributed by atoms with Crippen molar-refractivity contribution in [3.63, 3.8) is 0 Å². The van der Waals surface area contributed by atoms with E-state index in [0.717, 1.165) is 19.5 Å². The second-order valence-corrected chi connectivity index (χ2v) is 4.25. The second kappa shape index (κ2) is 6.29. The molecule has 0 N–H and O–H groups in total. The smallest absolute Gasteiger partial charge is 0.358 e. The van der Waals surface area contributed by atoms with Crippen molar-refractivity contribution < 1.29 is 14.3 Å². The highest BCUT2D eigenvalue weighted by molar-refractivity contribution is 5.87. The molecule has 1 aromatic heterocycles. The van der Waals surface area contributed by atoms with Crippen molar-refractivity contribution in [1.82, 2.24) is 9.97 Å². The van der Waals surface area contributed by atoms with E-state index < -0.39 is 5.97 Å². The Bertz CT molecular complexity index is 488. The maximum Gasteiger partial charge on any atom is 0.358 e. The first-order valence-corrected chi connectivity index (χ1v) is 6.06. The zero-order chi connectivity index (χ0) is 13.7. The molecule has 0 unspecified atom stereocenters. The van der Waals surface area contributed by atoms with Crippen LogP contribution in [0.25, 0.3) is 0 Å². The normalized spacial score (nSPS) is 15.1. The Labute approximate surface area is 112 Å². The Morgan fingerprint density at radius 1 is 1.42 bits per heavy atom. The molecule has 2 rings (SSSR count). The molecule has 2 heterocycles. The Kier molecular flexibility index (Phi) is 4.46. The maximum absolute atomic E-state index is 11.4. The molecular weight excluding hydrogens is 246 g/mol. The van der Waals surface area contributed by atoms with E-state index in [4.69, 9.17) is 4.74 Å². The third-order valence-electron chi connectivity index (χ3n) is 2.97. The monoisotopic (exact) mass is 263 g/mol. The summed E-state index contributed by atoms with van der Waals surface area (Å²) >= 11 is 0. The van der Waals surface area contributed by atoms with Crippen LogP contribution < -0.4 is 4.90 Å². The topological polar surface area (TPSA) is 64.5 Å². The Balaban J connectivity index is 2.09. The van der Waals surface area contributed by atoms with Gasteiger partial charge >= 0.3 is 5.97 Å². The SMILES string of the molecule is COCC1=CCN(c2cncc(C(=O)OC)n2)CC1. The number of carbonyl (C=O) groups excluding carboxylic acids is 1. The molecule has 0 saturated heterocycles. The molecule has 0 radical (unpaired) electrons. The molecule has 19 heavy (non-hydrogen) atoms. The van der Waals surface area contributed by atoms with Crippen LogP contribution in [0.2, 0.25) is 0 Å². The maximum atomic E-state index is 11.4. The highest BCUT2D eigenvalue weighted by Gasteiger charge is 2.16. The highest BCUT2D eigenvalue weighted by atomic mass is 16.5. The number of methoxy groups -OCH3 is 2. The molecule has 0 amide bonds. The highest BCUT2D eigenvalue weighted by Crippen LogP contribution is 2.17. The molecule has 0 atom stereocenters. The molecule has 6 heteroatoms. The third-order valence-corrected chi connectivity index (χ3v) is 2.97. The van der Waals surface area contributed by atoms with E-state index in [9.17, 15) is 4.79 Å². The minimum absolute atomic E-state index is 0.228. The molecule has 0 spiro atoms. The van der Waals surface area contributed by atoms with E-state index >= 15 is 0 Å². The van der Waals surface area contributed by atoms with Crippen molar-refractivity contribution in [2.45, 2.75) is 6.42 Å². The molecule has 0 saturated carbocycles. The van der Waals surface area contributed by atoms with Crippen LogP contribution in [0.1, 0.15) is 16.9 Å². The third kappa shape index (κ3) is 3.29. The van der Waals surface area contributed by atoms with E-state index in [-0.39, 0.29) is 5.69 Å². The summed E-state index contributed by atoms with van der Waals surface area (Å²) in [5.74, 6) is 0.220. The fourth-order valence-electron chi connectivity index (χ4n) is 1.95. The summed E-state index contributed by atoms with van der Waals surface area (Å²) in [5, 5.41) is 0. The zero-order valence-electron chi connectivity index (χ0n) is 11.1. The van der Waals surface area contributed by atoms with E-state index in [1.54, 1.807) is 13.3 Å². The number of rotatable bonds is 4. The largest absolute Gasteiger partial charge is 0.464 e. The predicted octanol–water partition coefficient (Wildman–Crippen LogP) is 1.05. The van der Waals surface area contributed by atoms with Crippen LogP contribution in [0.3, 0.4) is 0 Å². The van der Waals surface area contributed by atoms with Crippen molar-refractivity contribution in [3.05, 3.63) is 29.7 Å². The summed E-state index contributed by atoms with van der Waals surface area (Å²) in [6, 6.07) is 0. The number of ether oxygens (including phenoxy) is 2. The van der Waals surface area contributed by atoms with Crippen LogP contribution in [0.15, 0.2) is 24.0 Å². The molecular formula is C13H17N3O3. The van der Waals surface area contributed by atoms with Crippen molar-refractivity contribution in [1.29, 1.82) is 0 Å². The van der Waals surface area contributed by atoms with Crippen molar-refractivity contribution in [2.75, 3.05) is 38.8 Å². The van der Waals surface area contributed by atoms with Crippen molar-refractivity contribution in [3.8, 4) is 0 Å². The van der Waals surface area contributed by atoms with Crippen LogP contribution in [0.5, 0.6) is 0 Å². The van der Waals surface area contributed by atoms with Gasteiger partial charge in [0.15, 0.2) is 5.69 Å². The van der Waals surface area contributed by atoms with Crippen LogP contribution in [-0.2, 0) is 9.47 Å². The van der Waals surface area contributed by atoms with Crippen molar-refractivity contribution >= 4 is 11.8 Å². The van der Waals surface area contributed by atoms with Crippen LogP contribution in [0.4, 0.5) is 5.82 Å². The molecule has 1 aliphatic heterocycles. The molecule has 6 nitrogen and oxygen atoms in total. The summed E-state index contributed by atoms with van der Waals surface area (Å²) in [6.45, 7) is 2.26. The first-order valence-electron chi connectivity index (χ1n) is 6.06. The Morgan fingerprint density at radius 3 is 2.89 bits per heavy atom. The molecule has 1 aromatic rings. The van der Waals surface area contributed by atoms with Crippen LogP contribution in [0, 0.1) is 0 Å². The zero-order valence-corrected chi connectivity index (χ0v) is 11.1. The molecule has 1 aliphatic rings. The van der Waals surface area contributed by atoms with Gasteiger partial charge in [0.1, 0.15) is 5.82 Å². The quantitative estimate of drug-likeness (QED) is 0.597. The van der Waals surface area contributed by atoms with Gasteiger partial charge < -0.3 is 14.4 Å². The summed E-state index contributed by atoms with van der Waals surface area (Å²) in [6.07, 6.45) is 6.12. The van der Waals surface area contributed by atoms with Gasteiger partial charge in [0.2, 0.25) is 0 Å². The van der Waals surface area contributed by atoms with E-state index in [1.165, 1.54) is 18.9 Å². The lowest BCUT2D eigenvalue weighted by molar-refractivity contribution is 0.0593. The van der Waals surface area contributed by atoms with Gasteiger partial charge in [-0.15, -0.1) is 0 Å². The average molecular weight is 263 g/mol. The van der Waals surface area contributed by atoms with E-state index in [0.29, 0.717) is 12.4 Å². The molecule has 0 bridgehead atoms. The molecule has 0 aromatic carbocycles. The summed E-state index contributed by atoms with van der Waals surface area (Å²) in [7, 11) is 3.02. The van der Waals surface area contributed by atoms with Gasteiger partial charge in [-0.1, -0.05) is 6.08 Å². The summed E-state index contributed by atoms with van der Waals surface area (Å²) < 4.78 is 9.75. The lowest BCUT2D eigenvalue weighted by Crippen LogP contribution is -2.30. The minimum Gasteiger partial charge on any atom is -0.464 e. The molecule has 0 aliphatic carbocycles. The molecule has 0 fully saturated rings. The molecule has 102 valence electrons. The number of hydrogen-bond donors (Lipinski definition) is 0. The van der Waals surface area contributed by atoms with Gasteiger partial charge in [0.25, 0.3) is 0 Å². The number of anilines is 1. The standard InChI is InChI=1S/C13H17N3O3/c1-18-9-10-3-5-16(6-4-10)12-8-14-7-11(15-12)13(17)19-2/h3,7-8H,4-6,9H2,1-2H3. The van der Waals surface area contributed by atoms with E-state index in [2.05, 4.69) is 25.7 Å². The second-order valence-electron chi connectivity index (χ2n) is 4.25. The number of hydrogen-bond acceptors (Lipinski definition) is 6. The number of aromatic nitrogens is 2. The first-order chi connectivity index (χ1) is 9.24. The van der Waals surface area contributed by atoms with Crippen LogP contribution in [-0.4, -0.2) is 49.9 Å². The van der Waals surface area contributed by atoms with Crippen LogP contribution >= 0.6 is 0 Å². The summed E-state index contributed by atoms with van der Waals surface area (Å²) in [4.78, 5) is 21.8. The number of carbonyl (C=O) groups is 1. The van der Waals surface area contributed by atoms with Gasteiger partial charge in [0.05, 0.1) is 26.1 Å². The van der Waals surface area contributed by atoms with Gasteiger partial charge in [0, 0.05) is 20.2 Å². The average Bonchev–Trinajstić information content (AvgIpc) is 2.48. The van der Waals surface area contributed by atoms with Gasteiger partial charge in [-0.05, 0) is 12.0 Å². The fraction of sp³-hybridized carbons (Fsp3) is 0.462. The lowest BCUT2D eigenvalue weighted by atomic mass is 10.1.